The first kappa shape index (κ1) is 15.9. The Labute approximate surface area is 136 Å². The molecule has 0 radical (unpaired) electrons. The SMILES string of the molecule is Cc1ccccc1C(O)CN1CC=C(C2=NNC(=O)CC2)CC1. The van der Waals surface area contributed by atoms with E-state index in [1.807, 2.05) is 31.2 Å². The number of carbonyl (C=O) groups excluding carboxylic acids is 1. The predicted molar refractivity (Wildman–Crippen MR) is 90.1 cm³/mol. The molecule has 5 nitrogen and oxygen atoms in total. The summed E-state index contributed by atoms with van der Waals surface area (Å²) in [5.41, 5.74) is 6.91. The molecule has 1 unspecified atom stereocenters. The van der Waals surface area contributed by atoms with E-state index >= 15 is 0 Å². The minimum atomic E-state index is -0.461. The van der Waals surface area contributed by atoms with Crippen LogP contribution in [0.2, 0.25) is 0 Å². The Balaban J connectivity index is 1.58. The van der Waals surface area contributed by atoms with Crippen molar-refractivity contribution >= 4 is 11.6 Å². The van der Waals surface area contributed by atoms with Gasteiger partial charge in [-0.05, 0) is 30.0 Å². The van der Waals surface area contributed by atoms with E-state index in [0.717, 1.165) is 42.8 Å². The maximum atomic E-state index is 11.2. The van der Waals surface area contributed by atoms with Gasteiger partial charge in [0.25, 0.3) is 0 Å². The van der Waals surface area contributed by atoms with Crippen LogP contribution in [0.3, 0.4) is 0 Å². The van der Waals surface area contributed by atoms with Crippen LogP contribution in [0, 0.1) is 6.92 Å². The highest BCUT2D eigenvalue weighted by Crippen LogP contribution is 2.21. The van der Waals surface area contributed by atoms with Crippen molar-refractivity contribution in [3.8, 4) is 0 Å². The molecule has 0 spiro atoms. The first-order valence-electron chi connectivity index (χ1n) is 8.14. The second kappa shape index (κ2) is 7.06. The van der Waals surface area contributed by atoms with E-state index in [-0.39, 0.29) is 5.91 Å². The number of rotatable bonds is 4. The van der Waals surface area contributed by atoms with Crippen molar-refractivity contribution in [3.63, 3.8) is 0 Å². The summed E-state index contributed by atoms with van der Waals surface area (Å²) in [6.45, 7) is 4.38. The van der Waals surface area contributed by atoms with Crippen LogP contribution >= 0.6 is 0 Å². The van der Waals surface area contributed by atoms with Gasteiger partial charge in [-0.3, -0.25) is 9.69 Å². The monoisotopic (exact) mass is 313 g/mol. The van der Waals surface area contributed by atoms with Gasteiger partial charge in [0, 0.05) is 32.5 Å². The molecule has 0 fully saturated rings. The highest BCUT2D eigenvalue weighted by molar-refractivity contribution is 6.03. The maximum absolute atomic E-state index is 11.2. The number of aryl methyl sites for hydroxylation is 1. The third-order valence-corrected chi connectivity index (χ3v) is 4.55. The van der Waals surface area contributed by atoms with Crippen LogP contribution in [-0.4, -0.2) is 41.3 Å². The first-order chi connectivity index (χ1) is 11.1. The standard InChI is InChI=1S/C18H23N3O2/c1-13-4-2-3-5-15(13)17(22)12-21-10-8-14(9-11-21)16-6-7-18(23)20-19-16/h2-5,8,17,22H,6-7,9-12H2,1H3,(H,20,23). The quantitative estimate of drug-likeness (QED) is 0.892. The molecule has 1 aromatic carbocycles. The van der Waals surface area contributed by atoms with Gasteiger partial charge in [-0.25, -0.2) is 5.43 Å². The first-order valence-corrected chi connectivity index (χ1v) is 8.14. The van der Waals surface area contributed by atoms with Gasteiger partial charge in [0.05, 0.1) is 11.8 Å². The summed E-state index contributed by atoms with van der Waals surface area (Å²) in [5, 5.41) is 14.6. The van der Waals surface area contributed by atoms with Gasteiger partial charge in [-0.2, -0.15) is 5.10 Å². The number of β-amino-alcohol motifs (C(OH)–C–C–N with tert-alkyl or cyclic N) is 1. The average molecular weight is 313 g/mol. The minimum absolute atomic E-state index is 0.00635. The number of carbonyl (C=O) groups is 1. The van der Waals surface area contributed by atoms with E-state index in [0.29, 0.717) is 13.0 Å². The normalized spacial score (nSPS) is 20.5. The molecule has 0 bridgehead atoms. The molecule has 5 heteroatoms. The smallest absolute Gasteiger partial charge is 0.240 e. The largest absolute Gasteiger partial charge is 0.387 e. The molecule has 0 aromatic heterocycles. The summed E-state index contributed by atoms with van der Waals surface area (Å²) in [5.74, 6) is -0.00635. The Morgan fingerprint density at radius 1 is 1.30 bits per heavy atom. The van der Waals surface area contributed by atoms with Crippen LogP contribution < -0.4 is 5.43 Å². The predicted octanol–water partition coefficient (Wildman–Crippen LogP) is 1.93. The fraction of sp³-hybridized carbons (Fsp3) is 0.444. The van der Waals surface area contributed by atoms with Crippen LogP contribution in [0.1, 0.15) is 36.5 Å². The third-order valence-electron chi connectivity index (χ3n) is 4.55. The molecule has 122 valence electrons. The van der Waals surface area contributed by atoms with Crippen LogP contribution in [0.5, 0.6) is 0 Å². The summed E-state index contributed by atoms with van der Waals surface area (Å²) >= 11 is 0. The number of amides is 1. The van der Waals surface area contributed by atoms with E-state index in [1.165, 1.54) is 5.57 Å². The number of aliphatic hydroxyl groups excluding tert-OH is 1. The molecule has 2 heterocycles. The van der Waals surface area contributed by atoms with Gasteiger partial charge >= 0.3 is 0 Å². The number of benzene rings is 1. The maximum Gasteiger partial charge on any atom is 0.240 e. The van der Waals surface area contributed by atoms with E-state index in [4.69, 9.17) is 0 Å². The number of nitrogens with one attached hydrogen (secondary N) is 1. The zero-order chi connectivity index (χ0) is 16.2. The lowest BCUT2D eigenvalue weighted by atomic mass is 9.97. The Morgan fingerprint density at radius 3 is 2.78 bits per heavy atom. The van der Waals surface area contributed by atoms with Gasteiger partial charge < -0.3 is 5.11 Å². The minimum Gasteiger partial charge on any atom is -0.387 e. The van der Waals surface area contributed by atoms with E-state index < -0.39 is 6.10 Å². The van der Waals surface area contributed by atoms with Crippen molar-refractivity contribution in [2.24, 2.45) is 5.10 Å². The molecule has 23 heavy (non-hydrogen) atoms. The highest BCUT2D eigenvalue weighted by atomic mass is 16.3. The lowest BCUT2D eigenvalue weighted by Gasteiger charge is -2.29. The second-order valence-corrected chi connectivity index (χ2v) is 6.20. The van der Waals surface area contributed by atoms with Gasteiger partial charge in [0.15, 0.2) is 0 Å². The Kier molecular flexibility index (Phi) is 4.88. The number of hydrogen-bond acceptors (Lipinski definition) is 4. The van der Waals surface area contributed by atoms with Gasteiger partial charge in [0.1, 0.15) is 0 Å². The van der Waals surface area contributed by atoms with Crippen molar-refractivity contribution in [2.45, 2.75) is 32.3 Å². The van der Waals surface area contributed by atoms with Crippen molar-refractivity contribution in [2.75, 3.05) is 19.6 Å². The second-order valence-electron chi connectivity index (χ2n) is 6.20. The van der Waals surface area contributed by atoms with Crippen molar-refractivity contribution in [3.05, 3.63) is 47.0 Å². The van der Waals surface area contributed by atoms with E-state index in [1.54, 1.807) is 0 Å². The average Bonchev–Trinajstić information content (AvgIpc) is 2.57. The Hall–Kier alpha value is -1.98. The topological polar surface area (TPSA) is 64.9 Å². The highest BCUT2D eigenvalue weighted by Gasteiger charge is 2.21. The molecule has 1 amide bonds. The molecule has 0 saturated heterocycles. The van der Waals surface area contributed by atoms with E-state index in [9.17, 15) is 9.90 Å². The molecular formula is C18H23N3O2. The van der Waals surface area contributed by atoms with Crippen molar-refractivity contribution < 1.29 is 9.90 Å². The Bertz CT molecular complexity index is 651. The van der Waals surface area contributed by atoms with Crippen LogP contribution in [0.15, 0.2) is 41.0 Å². The number of hydrogen-bond donors (Lipinski definition) is 2. The lowest BCUT2D eigenvalue weighted by Crippen LogP contribution is -2.35. The van der Waals surface area contributed by atoms with Crippen molar-refractivity contribution in [1.82, 2.24) is 10.3 Å². The van der Waals surface area contributed by atoms with Crippen molar-refractivity contribution in [1.29, 1.82) is 0 Å². The zero-order valence-corrected chi connectivity index (χ0v) is 13.5. The summed E-state index contributed by atoms with van der Waals surface area (Å²) in [6.07, 6.45) is 3.87. The zero-order valence-electron chi connectivity index (χ0n) is 13.5. The molecule has 2 N–H and O–H groups in total. The number of nitrogens with zero attached hydrogens (tertiary/aromatic N) is 2. The fourth-order valence-corrected chi connectivity index (χ4v) is 3.15. The number of aliphatic hydroxyl groups is 1. The molecule has 3 rings (SSSR count). The summed E-state index contributed by atoms with van der Waals surface area (Å²) < 4.78 is 0. The molecular weight excluding hydrogens is 290 g/mol. The summed E-state index contributed by atoms with van der Waals surface area (Å²) in [7, 11) is 0. The lowest BCUT2D eigenvalue weighted by molar-refractivity contribution is -0.121. The van der Waals surface area contributed by atoms with Gasteiger partial charge in [0.2, 0.25) is 5.91 Å². The fourth-order valence-electron chi connectivity index (χ4n) is 3.15. The molecule has 0 aliphatic carbocycles. The molecule has 1 atom stereocenters. The molecule has 2 aliphatic heterocycles. The third kappa shape index (κ3) is 3.86. The Morgan fingerprint density at radius 2 is 2.13 bits per heavy atom. The van der Waals surface area contributed by atoms with Gasteiger partial charge in [-0.15, -0.1) is 0 Å². The molecule has 2 aliphatic rings. The number of hydrazone groups is 1. The summed E-state index contributed by atoms with van der Waals surface area (Å²) in [6, 6.07) is 7.98. The van der Waals surface area contributed by atoms with Crippen LogP contribution in [0.25, 0.3) is 0 Å². The molecule has 0 saturated carbocycles. The van der Waals surface area contributed by atoms with E-state index in [2.05, 4.69) is 21.5 Å². The van der Waals surface area contributed by atoms with Crippen LogP contribution in [-0.2, 0) is 4.79 Å². The van der Waals surface area contributed by atoms with Gasteiger partial charge in [-0.1, -0.05) is 30.3 Å². The molecule has 1 aromatic rings. The summed E-state index contributed by atoms with van der Waals surface area (Å²) in [4.78, 5) is 13.4. The van der Waals surface area contributed by atoms with Crippen LogP contribution in [0.4, 0.5) is 0 Å².